The molecule has 1 rings (SSSR count). The summed E-state index contributed by atoms with van der Waals surface area (Å²) in [6.45, 7) is 2.06. The van der Waals surface area contributed by atoms with Gasteiger partial charge in [0.1, 0.15) is 6.04 Å². The van der Waals surface area contributed by atoms with Crippen LogP contribution in [0.4, 0.5) is 0 Å². The number of aliphatic carboxylic acids is 1. The van der Waals surface area contributed by atoms with Crippen molar-refractivity contribution in [1.29, 1.82) is 0 Å². The Balaban J connectivity index is 2.63. The Morgan fingerprint density at radius 2 is 2.00 bits per heavy atom. The molecule has 0 bridgehead atoms. The van der Waals surface area contributed by atoms with E-state index in [4.69, 9.17) is 5.11 Å². The van der Waals surface area contributed by atoms with E-state index in [0.29, 0.717) is 6.42 Å². The van der Waals surface area contributed by atoms with Crippen molar-refractivity contribution in [2.24, 2.45) is 0 Å². The molecular weight excluding hydrogens is 202 g/mol. The van der Waals surface area contributed by atoms with Crippen molar-refractivity contribution in [3.8, 4) is 0 Å². The lowest BCUT2D eigenvalue weighted by Crippen LogP contribution is -2.36. The Hall–Kier alpha value is -1.35. The molecule has 0 radical (unpaired) electrons. The fraction of sp³-hybridized carbons (Fsp3) is 0.462. The summed E-state index contributed by atoms with van der Waals surface area (Å²) in [4.78, 5) is 12.8. The number of carbonyl (C=O) groups is 1. The molecule has 88 valence electrons. The van der Waals surface area contributed by atoms with Crippen LogP contribution in [0.1, 0.15) is 17.5 Å². The van der Waals surface area contributed by atoms with Crippen LogP contribution in [-0.2, 0) is 11.2 Å². The molecule has 0 aromatic heterocycles. The highest BCUT2D eigenvalue weighted by Gasteiger charge is 2.19. The zero-order valence-electron chi connectivity index (χ0n) is 10.1. The molecule has 3 nitrogen and oxygen atoms in total. The van der Waals surface area contributed by atoms with Crippen LogP contribution in [0.3, 0.4) is 0 Å². The maximum atomic E-state index is 11.0. The van der Waals surface area contributed by atoms with Crippen LogP contribution in [0.2, 0.25) is 0 Å². The average molecular weight is 221 g/mol. The van der Waals surface area contributed by atoms with Gasteiger partial charge in [0.05, 0.1) is 0 Å². The van der Waals surface area contributed by atoms with E-state index >= 15 is 0 Å². The number of hydrogen-bond acceptors (Lipinski definition) is 2. The van der Waals surface area contributed by atoms with Gasteiger partial charge >= 0.3 is 5.97 Å². The highest BCUT2D eigenvalue weighted by atomic mass is 16.4. The van der Waals surface area contributed by atoms with Crippen LogP contribution in [-0.4, -0.2) is 36.1 Å². The molecule has 0 aliphatic heterocycles. The summed E-state index contributed by atoms with van der Waals surface area (Å²) in [7, 11) is 3.60. The Bertz CT molecular complexity index is 361. The van der Waals surface area contributed by atoms with E-state index in [1.54, 1.807) is 19.0 Å². The van der Waals surface area contributed by atoms with Crippen LogP contribution in [0.25, 0.3) is 0 Å². The molecule has 0 amide bonds. The third-order valence-corrected chi connectivity index (χ3v) is 2.86. The standard InChI is InChI=1S/C13H19NO2/c1-10-6-4-5-7-11(10)8-9-12(13(15)16)14(2)3/h4-7,12H,8-9H2,1-3H3,(H,15,16). The third kappa shape index (κ3) is 3.35. The molecule has 3 heteroatoms. The summed E-state index contributed by atoms with van der Waals surface area (Å²) < 4.78 is 0. The largest absolute Gasteiger partial charge is 0.480 e. The Morgan fingerprint density at radius 1 is 1.38 bits per heavy atom. The smallest absolute Gasteiger partial charge is 0.320 e. The number of rotatable bonds is 5. The van der Waals surface area contributed by atoms with E-state index < -0.39 is 12.0 Å². The van der Waals surface area contributed by atoms with Crippen molar-refractivity contribution in [1.82, 2.24) is 4.90 Å². The van der Waals surface area contributed by atoms with E-state index in [0.717, 1.165) is 6.42 Å². The highest BCUT2D eigenvalue weighted by Crippen LogP contribution is 2.12. The maximum Gasteiger partial charge on any atom is 0.320 e. The fourth-order valence-electron chi connectivity index (χ4n) is 1.79. The number of carboxylic acid groups (broad SMARTS) is 1. The van der Waals surface area contributed by atoms with E-state index in [1.165, 1.54) is 11.1 Å². The minimum absolute atomic E-state index is 0.403. The van der Waals surface area contributed by atoms with Crippen molar-refractivity contribution in [3.63, 3.8) is 0 Å². The molecule has 1 N–H and O–H groups in total. The van der Waals surface area contributed by atoms with Gasteiger partial charge in [-0.05, 0) is 45.0 Å². The van der Waals surface area contributed by atoms with Crippen molar-refractivity contribution >= 4 is 5.97 Å². The summed E-state index contributed by atoms with van der Waals surface area (Å²) in [5, 5.41) is 9.05. The summed E-state index contributed by atoms with van der Waals surface area (Å²) in [5.74, 6) is -0.751. The molecule has 1 unspecified atom stereocenters. The molecule has 0 aliphatic carbocycles. The quantitative estimate of drug-likeness (QED) is 0.826. The summed E-state index contributed by atoms with van der Waals surface area (Å²) >= 11 is 0. The van der Waals surface area contributed by atoms with Gasteiger partial charge in [0.25, 0.3) is 0 Å². The minimum Gasteiger partial charge on any atom is -0.480 e. The van der Waals surface area contributed by atoms with Crippen molar-refractivity contribution in [3.05, 3.63) is 35.4 Å². The van der Waals surface area contributed by atoms with E-state index in [1.807, 2.05) is 12.1 Å². The van der Waals surface area contributed by atoms with Gasteiger partial charge in [-0.3, -0.25) is 9.69 Å². The molecule has 1 aromatic carbocycles. The molecular formula is C13H19NO2. The first kappa shape index (κ1) is 12.7. The Morgan fingerprint density at radius 3 is 2.50 bits per heavy atom. The minimum atomic E-state index is -0.751. The predicted octanol–water partition coefficient (Wildman–Crippen LogP) is 1.94. The Labute approximate surface area is 96.7 Å². The lowest BCUT2D eigenvalue weighted by atomic mass is 10.0. The second-order valence-corrected chi connectivity index (χ2v) is 4.28. The summed E-state index contributed by atoms with van der Waals surface area (Å²) in [6.07, 6.45) is 1.45. The van der Waals surface area contributed by atoms with Crippen LogP contribution in [0.15, 0.2) is 24.3 Å². The molecule has 16 heavy (non-hydrogen) atoms. The Kier molecular flexibility index (Phi) is 4.50. The van der Waals surface area contributed by atoms with Gasteiger partial charge in [0, 0.05) is 0 Å². The first-order valence-electron chi connectivity index (χ1n) is 5.46. The van der Waals surface area contributed by atoms with Gasteiger partial charge in [-0.15, -0.1) is 0 Å². The monoisotopic (exact) mass is 221 g/mol. The van der Waals surface area contributed by atoms with E-state index in [9.17, 15) is 4.79 Å². The topological polar surface area (TPSA) is 40.5 Å². The van der Waals surface area contributed by atoms with Gasteiger partial charge in [-0.1, -0.05) is 24.3 Å². The first-order valence-corrected chi connectivity index (χ1v) is 5.46. The maximum absolute atomic E-state index is 11.0. The number of likely N-dealkylation sites (N-methyl/N-ethyl adjacent to an activating group) is 1. The average Bonchev–Trinajstić information content (AvgIpc) is 2.20. The zero-order chi connectivity index (χ0) is 12.1. The third-order valence-electron chi connectivity index (χ3n) is 2.86. The number of aryl methyl sites for hydroxylation is 2. The summed E-state index contributed by atoms with van der Waals surface area (Å²) in [6, 6.07) is 7.71. The van der Waals surface area contributed by atoms with Gasteiger partial charge in [0.15, 0.2) is 0 Å². The molecule has 1 aromatic rings. The van der Waals surface area contributed by atoms with Gasteiger partial charge in [-0.25, -0.2) is 0 Å². The predicted molar refractivity (Wildman–Crippen MR) is 64.6 cm³/mol. The number of nitrogens with zero attached hydrogens (tertiary/aromatic N) is 1. The molecule has 0 spiro atoms. The molecule has 0 heterocycles. The van der Waals surface area contributed by atoms with Crippen LogP contribution in [0, 0.1) is 6.92 Å². The number of hydrogen-bond donors (Lipinski definition) is 1. The lowest BCUT2D eigenvalue weighted by Gasteiger charge is -2.20. The SMILES string of the molecule is Cc1ccccc1CCC(C(=O)O)N(C)C. The second-order valence-electron chi connectivity index (χ2n) is 4.28. The molecule has 1 atom stereocenters. The van der Waals surface area contributed by atoms with Crippen LogP contribution < -0.4 is 0 Å². The van der Waals surface area contributed by atoms with Crippen molar-refractivity contribution in [2.75, 3.05) is 14.1 Å². The fourth-order valence-corrected chi connectivity index (χ4v) is 1.79. The van der Waals surface area contributed by atoms with Crippen molar-refractivity contribution < 1.29 is 9.90 Å². The first-order chi connectivity index (χ1) is 7.52. The molecule has 0 saturated carbocycles. The zero-order valence-corrected chi connectivity index (χ0v) is 10.1. The van der Waals surface area contributed by atoms with Crippen molar-refractivity contribution in [2.45, 2.75) is 25.8 Å². The second kappa shape index (κ2) is 5.66. The van der Waals surface area contributed by atoms with Gasteiger partial charge in [0.2, 0.25) is 0 Å². The number of carboxylic acids is 1. The highest BCUT2D eigenvalue weighted by molar-refractivity contribution is 5.73. The number of benzene rings is 1. The molecule has 0 aliphatic rings. The summed E-state index contributed by atoms with van der Waals surface area (Å²) in [5.41, 5.74) is 2.46. The van der Waals surface area contributed by atoms with Crippen LogP contribution >= 0.6 is 0 Å². The van der Waals surface area contributed by atoms with Crippen LogP contribution in [0.5, 0.6) is 0 Å². The molecule has 0 fully saturated rings. The van der Waals surface area contributed by atoms with Gasteiger partial charge in [-0.2, -0.15) is 0 Å². The van der Waals surface area contributed by atoms with E-state index in [-0.39, 0.29) is 0 Å². The van der Waals surface area contributed by atoms with Gasteiger partial charge < -0.3 is 5.11 Å². The van der Waals surface area contributed by atoms with E-state index in [2.05, 4.69) is 19.1 Å². The normalized spacial score (nSPS) is 12.8. The molecule has 0 saturated heterocycles. The lowest BCUT2D eigenvalue weighted by molar-refractivity contribution is -0.142.